The molecule has 174 valence electrons. The summed E-state index contributed by atoms with van der Waals surface area (Å²) in [5.74, 6) is 0. The van der Waals surface area contributed by atoms with E-state index in [1.165, 1.54) is 0 Å². The Morgan fingerprint density at radius 3 is 0.931 bits per heavy atom. The molecule has 0 saturated heterocycles. The summed E-state index contributed by atoms with van der Waals surface area (Å²) >= 11 is -1.11. The monoisotopic (exact) mass is 703 g/mol. The van der Waals surface area contributed by atoms with E-state index in [-0.39, 0.29) is 0 Å². The molecule has 0 fully saturated rings. The van der Waals surface area contributed by atoms with Crippen LogP contribution in [0.15, 0.2) is 0 Å². The van der Waals surface area contributed by atoms with E-state index in [0.29, 0.717) is 0 Å². The summed E-state index contributed by atoms with van der Waals surface area (Å²) in [6.07, 6.45) is 0. The maximum atomic E-state index is 3.11. The number of hydrogen-bond acceptors (Lipinski definition) is 2. The van der Waals surface area contributed by atoms with Crippen molar-refractivity contribution in [2.24, 2.45) is 0 Å². The zero-order chi connectivity index (χ0) is 24.0. The van der Waals surface area contributed by atoms with Crippen molar-refractivity contribution in [2.75, 3.05) is 0 Å². The van der Waals surface area contributed by atoms with Gasteiger partial charge in [0.25, 0.3) is 0 Å². The first-order valence-electron chi connectivity index (χ1n) is 11.1. The first-order chi connectivity index (χ1) is 12.2. The van der Waals surface area contributed by atoms with Crippen LogP contribution in [0.4, 0.5) is 0 Å². The van der Waals surface area contributed by atoms with Gasteiger partial charge in [-0.1, -0.05) is 0 Å². The first kappa shape index (κ1) is 30.9. The zero-order valence-corrected chi connectivity index (χ0v) is 32.7. The Morgan fingerprint density at radius 2 is 0.759 bits per heavy atom. The molecule has 0 heterocycles. The normalized spacial score (nSPS) is 16.4. The van der Waals surface area contributed by atoms with E-state index in [2.05, 4.69) is 131 Å². The Kier molecular flexibility index (Phi) is 10.2. The van der Waals surface area contributed by atoms with Crippen molar-refractivity contribution < 1.29 is 2.23 Å². The van der Waals surface area contributed by atoms with Gasteiger partial charge < -0.3 is 0 Å². The summed E-state index contributed by atoms with van der Waals surface area (Å²) < 4.78 is 12.3. The molecule has 0 atom stereocenters. The molecule has 0 aromatic rings. The van der Waals surface area contributed by atoms with Crippen LogP contribution in [0.25, 0.3) is 0 Å². The minimum absolute atomic E-state index is 1.11. The van der Waals surface area contributed by atoms with Gasteiger partial charge in [0.15, 0.2) is 0 Å². The van der Waals surface area contributed by atoms with Gasteiger partial charge in [-0.25, -0.2) is 0 Å². The van der Waals surface area contributed by atoms with Crippen LogP contribution in [0.5, 0.6) is 0 Å². The van der Waals surface area contributed by atoms with E-state index < -0.39 is 72.8 Å². The Balaban J connectivity index is 7.14. The molecule has 29 heavy (non-hydrogen) atoms. The molecule has 0 radical (unpaired) electrons. The van der Waals surface area contributed by atoms with E-state index >= 15 is 0 Å². The molecule has 0 bridgehead atoms. The van der Waals surface area contributed by atoms with E-state index in [4.69, 9.17) is 0 Å². The molecule has 0 aromatic heterocycles. The van der Waals surface area contributed by atoms with Crippen LogP contribution in [-0.4, -0.2) is 86.3 Å². The first-order valence-corrected chi connectivity index (χ1v) is 34.9. The van der Waals surface area contributed by atoms with Crippen LogP contribution < -0.4 is 0 Å². The quantitative estimate of drug-likeness (QED) is 0.200. The van der Waals surface area contributed by atoms with Crippen molar-refractivity contribution in [3.8, 4) is 0 Å². The summed E-state index contributed by atoms with van der Waals surface area (Å²) in [5.41, 5.74) is 0. The minimum atomic E-state index is -1.48. The van der Waals surface area contributed by atoms with Crippen LogP contribution in [0, 0.1) is 0 Å². The topological polar surface area (TPSA) is 12.7 Å². The van der Waals surface area contributed by atoms with Gasteiger partial charge in [0.2, 0.25) is 0 Å². The molecular weight excluding hydrogens is 650 g/mol. The van der Waals surface area contributed by atoms with Crippen molar-refractivity contribution in [3.63, 3.8) is 0 Å². The average molecular weight is 704 g/mol. The second-order valence-corrected chi connectivity index (χ2v) is 50.5. The van der Waals surface area contributed by atoms with E-state index in [1.807, 2.05) is 0 Å². The zero-order valence-electron chi connectivity index (χ0n) is 23.2. The summed E-state index contributed by atoms with van der Waals surface area (Å²) in [4.78, 5) is 0. The molecule has 0 spiro atoms. The fourth-order valence-electron chi connectivity index (χ4n) is 4.18. The molecule has 11 heteroatoms. The molecule has 0 N–H and O–H groups in total. The third-order valence-electron chi connectivity index (χ3n) is 4.29. The maximum absolute atomic E-state index is 3.11. The number of hydrogen-bond donors (Lipinski definition) is 0. The summed E-state index contributed by atoms with van der Waals surface area (Å²) in [6, 6.07) is 0. The Labute approximate surface area is 202 Å². The Bertz CT molecular complexity index is 558. The number of hydrazine groups is 2. The van der Waals surface area contributed by atoms with Gasteiger partial charge >= 0.3 is 204 Å². The summed E-state index contributed by atoms with van der Waals surface area (Å²) in [5, 5.41) is 0. The van der Waals surface area contributed by atoms with Gasteiger partial charge in [0.1, 0.15) is 0 Å². The third-order valence-corrected chi connectivity index (χ3v) is 42.8. The van der Waals surface area contributed by atoms with Crippen LogP contribution in [0.3, 0.4) is 0 Å². The average Bonchev–Trinajstić information content (AvgIpc) is 2.26. The molecule has 4 nitrogen and oxygen atoms in total. The van der Waals surface area contributed by atoms with Crippen LogP contribution in [0.1, 0.15) is 0 Å². The second kappa shape index (κ2) is 9.62. The summed E-state index contributed by atoms with van der Waals surface area (Å²) in [7, 11) is -8.78. The van der Waals surface area contributed by atoms with Crippen molar-refractivity contribution in [1.29, 1.82) is 0 Å². The Morgan fingerprint density at radius 1 is 0.448 bits per heavy atom. The van der Waals surface area contributed by atoms with Gasteiger partial charge in [0.05, 0.1) is 0 Å². The standard InChI is InChI=1S/2C9H27N2Si3.Bi/c2*1-12(2,3)10-11(13(4,5)6)14(7,8)9;/h2*1-9H3;/q2*-1;+3. The van der Waals surface area contributed by atoms with Crippen molar-refractivity contribution in [1.82, 2.24) is 11.3 Å². The van der Waals surface area contributed by atoms with Gasteiger partial charge in [-0.05, 0) is 0 Å². The second-order valence-electron chi connectivity index (χ2n) is 14.3. The molecule has 0 rings (SSSR count). The third kappa shape index (κ3) is 9.33. The van der Waals surface area contributed by atoms with E-state index in [0.717, 1.165) is 0 Å². The molecule has 0 saturated carbocycles. The van der Waals surface area contributed by atoms with Crippen molar-refractivity contribution in [3.05, 3.63) is 0 Å². The van der Waals surface area contributed by atoms with E-state index in [1.54, 1.807) is 0 Å². The number of nitrogens with zero attached hydrogens (tertiary/aromatic N) is 4. The van der Waals surface area contributed by atoms with Crippen LogP contribution in [-0.2, 0) is 0 Å². The summed E-state index contributed by atoms with van der Waals surface area (Å²) in [6.45, 7) is 46.5. The van der Waals surface area contributed by atoms with Gasteiger partial charge in [0, 0.05) is 0 Å². The molecule has 0 aliphatic carbocycles. The molecule has 0 aliphatic heterocycles. The van der Waals surface area contributed by atoms with Gasteiger partial charge in [-0.15, -0.1) is 0 Å². The number of rotatable bonds is 9. The van der Waals surface area contributed by atoms with Gasteiger partial charge in [-0.2, -0.15) is 0 Å². The molecule has 0 amide bonds. The van der Waals surface area contributed by atoms with E-state index in [9.17, 15) is 0 Å². The fourth-order valence-corrected chi connectivity index (χ4v) is 55.2. The predicted octanol–water partition coefficient (Wildman–Crippen LogP) is 6.55. The SMILES string of the molecule is C[Si](C)(C)[N]([Bi]=[N+](N([Si](C)(C)C)[Si](C)(C)C)[Si](C)(C)C)N([Si](C)(C)C)[Si](C)(C)C. The Hall–Kier alpha value is 1.86. The fraction of sp³-hybridized carbons (Fsp3) is 1.00. The van der Waals surface area contributed by atoms with Crippen molar-refractivity contribution >= 4 is 72.8 Å². The van der Waals surface area contributed by atoms with Crippen LogP contribution in [0.2, 0.25) is 118 Å². The van der Waals surface area contributed by atoms with Crippen LogP contribution >= 0.6 is 0 Å². The predicted molar refractivity (Wildman–Crippen MR) is 152 cm³/mol. The molecular formula is C18H54BiN4Si6+. The molecule has 0 aliphatic rings. The molecule has 0 aromatic carbocycles. The molecule has 0 unspecified atom stereocenters. The van der Waals surface area contributed by atoms with Gasteiger partial charge in [-0.3, -0.25) is 0 Å². The van der Waals surface area contributed by atoms with Crippen molar-refractivity contribution in [2.45, 2.75) is 118 Å².